The molecule has 0 spiro atoms. The number of hydrogen-bond donors (Lipinski definition) is 3. The number of aromatic amines is 1. The van der Waals surface area contributed by atoms with Crippen LogP contribution in [0, 0.1) is 6.92 Å². The van der Waals surface area contributed by atoms with Gasteiger partial charge in [-0.2, -0.15) is 10.2 Å². The molecule has 3 N–H and O–H groups in total. The van der Waals surface area contributed by atoms with E-state index in [1.54, 1.807) is 18.2 Å². The van der Waals surface area contributed by atoms with Crippen molar-refractivity contribution in [3.63, 3.8) is 0 Å². The molecule has 0 atom stereocenters. The van der Waals surface area contributed by atoms with Crippen LogP contribution >= 0.6 is 15.9 Å². The van der Waals surface area contributed by atoms with Gasteiger partial charge in [0.15, 0.2) is 0 Å². The van der Waals surface area contributed by atoms with Gasteiger partial charge in [0.1, 0.15) is 23.8 Å². The minimum absolute atomic E-state index is 0.0577. The fourth-order valence-corrected chi connectivity index (χ4v) is 3.45. The third-order valence-corrected chi connectivity index (χ3v) is 5.35. The predicted molar refractivity (Wildman–Crippen MR) is 130 cm³/mol. The quantitative estimate of drug-likeness (QED) is 0.238. The molecule has 1 amide bonds. The van der Waals surface area contributed by atoms with Crippen LogP contribution in [0.25, 0.3) is 11.3 Å². The first-order chi connectivity index (χ1) is 16.0. The summed E-state index contributed by atoms with van der Waals surface area (Å²) < 4.78 is 6.80. The highest BCUT2D eigenvalue weighted by Crippen LogP contribution is 2.29. The van der Waals surface area contributed by atoms with Gasteiger partial charge in [-0.15, -0.1) is 0 Å². The van der Waals surface area contributed by atoms with E-state index < -0.39 is 5.91 Å². The van der Waals surface area contributed by atoms with Crippen LogP contribution < -0.4 is 10.2 Å². The van der Waals surface area contributed by atoms with E-state index in [4.69, 9.17) is 4.74 Å². The van der Waals surface area contributed by atoms with Gasteiger partial charge in [-0.3, -0.25) is 9.89 Å². The fraction of sp³-hybridized carbons (Fsp3) is 0.0800. The molecule has 166 valence electrons. The average Bonchev–Trinajstić information content (AvgIpc) is 3.31. The lowest BCUT2D eigenvalue weighted by Crippen LogP contribution is -2.18. The summed E-state index contributed by atoms with van der Waals surface area (Å²) in [5, 5.41) is 20.8. The highest BCUT2D eigenvalue weighted by atomic mass is 79.9. The van der Waals surface area contributed by atoms with Crippen LogP contribution in [-0.4, -0.2) is 27.4 Å². The summed E-state index contributed by atoms with van der Waals surface area (Å²) >= 11 is 3.33. The SMILES string of the molecule is Cc1ccc(COc2ccccc2-c2cc(C(=O)N/N=C\c3cc(Br)ccc3O)[nH]n2)cc1. The number of aromatic hydroxyl groups is 1. The number of aryl methyl sites for hydroxylation is 1. The summed E-state index contributed by atoms with van der Waals surface area (Å²) in [6, 6.07) is 22.2. The normalized spacial score (nSPS) is 11.0. The third kappa shape index (κ3) is 5.67. The van der Waals surface area contributed by atoms with Gasteiger partial charge in [-0.1, -0.05) is 57.9 Å². The lowest BCUT2D eigenvalue weighted by molar-refractivity contribution is 0.0950. The molecule has 0 saturated heterocycles. The molecule has 0 fully saturated rings. The number of halogens is 1. The van der Waals surface area contributed by atoms with Crippen molar-refractivity contribution in [2.45, 2.75) is 13.5 Å². The fourth-order valence-electron chi connectivity index (χ4n) is 3.07. The number of carbonyl (C=O) groups is 1. The van der Waals surface area contributed by atoms with Crippen LogP contribution in [0.2, 0.25) is 0 Å². The number of carbonyl (C=O) groups excluding carboxylic acids is 1. The van der Waals surface area contributed by atoms with Crippen molar-refractivity contribution < 1.29 is 14.6 Å². The Morgan fingerprint density at radius 2 is 1.94 bits per heavy atom. The molecule has 0 radical (unpaired) electrons. The number of hydrazone groups is 1. The Morgan fingerprint density at radius 3 is 2.76 bits per heavy atom. The number of nitrogens with one attached hydrogen (secondary N) is 2. The number of amides is 1. The third-order valence-electron chi connectivity index (χ3n) is 4.86. The molecule has 1 aromatic heterocycles. The monoisotopic (exact) mass is 504 g/mol. The van der Waals surface area contributed by atoms with Crippen LogP contribution in [0.15, 0.2) is 82.4 Å². The molecule has 7 nitrogen and oxygen atoms in total. The van der Waals surface area contributed by atoms with Gasteiger partial charge in [0.25, 0.3) is 5.91 Å². The molecule has 0 aliphatic rings. The van der Waals surface area contributed by atoms with Gasteiger partial charge in [-0.05, 0) is 48.9 Å². The maximum atomic E-state index is 12.5. The number of H-pyrrole nitrogens is 1. The lowest BCUT2D eigenvalue weighted by Gasteiger charge is -2.10. The zero-order valence-electron chi connectivity index (χ0n) is 17.7. The summed E-state index contributed by atoms with van der Waals surface area (Å²) in [6.45, 7) is 2.47. The van der Waals surface area contributed by atoms with Gasteiger partial charge in [0, 0.05) is 15.6 Å². The predicted octanol–water partition coefficient (Wildman–Crippen LogP) is 5.20. The molecule has 3 aromatic carbocycles. The number of phenolic OH excluding ortho intramolecular Hbond substituents is 1. The van der Waals surface area contributed by atoms with Gasteiger partial charge < -0.3 is 9.84 Å². The second kappa shape index (κ2) is 10.1. The number of benzene rings is 3. The molecule has 0 aliphatic carbocycles. The van der Waals surface area contributed by atoms with E-state index in [0.717, 1.165) is 15.6 Å². The molecule has 0 saturated carbocycles. The number of aromatic nitrogens is 2. The summed E-state index contributed by atoms with van der Waals surface area (Å²) in [5.74, 6) is 0.263. The Hall–Kier alpha value is -3.91. The molecule has 0 bridgehead atoms. The average molecular weight is 505 g/mol. The maximum absolute atomic E-state index is 12.5. The topological polar surface area (TPSA) is 99.6 Å². The van der Waals surface area contributed by atoms with Crippen molar-refractivity contribution in [3.05, 3.63) is 99.7 Å². The van der Waals surface area contributed by atoms with E-state index in [0.29, 0.717) is 23.6 Å². The van der Waals surface area contributed by atoms with Crippen LogP contribution in [-0.2, 0) is 6.61 Å². The van der Waals surface area contributed by atoms with Crippen molar-refractivity contribution in [1.82, 2.24) is 15.6 Å². The minimum Gasteiger partial charge on any atom is -0.507 e. The van der Waals surface area contributed by atoms with E-state index >= 15 is 0 Å². The van der Waals surface area contributed by atoms with Crippen molar-refractivity contribution in [2.24, 2.45) is 5.10 Å². The molecule has 4 rings (SSSR count). The first-order valence-electron chi connectivity index (χ1n) is 10.1. The Labute approximate surface area is 199 Å². The Balaban J connectivity index is 1.44. The highest BCUT2D eigenvalue weighted by Gasteiger charge is 2.14. The van der Waals surface area contributed by atoms with Crippen molar-refractivity contribution in [2.75, 3.05) is 0 Å². The molecule has 1 heterocycles. The van der Waals surface area contributed by atoms with E-state index in [1.807, 2.05) is 55.5 Å². The van der Waals surface area contributed by atoms with Crippen LogP contribution in [0.4, 0.5) is 0 Å². The first-order valence-corrected chi connectivity index (χ1v) is 10.9. The van der Waals surface area contributed by atoms with Gasteiger partial charge in [0.2, 0.25) is 0 Å². The van der Waals surface area contributed by atoms with Crippen LogP contribution in [0.5, 0.6) is 11.5 Å². The Kier molecular flexibility index (Phi) is 6.85. The summed E-state index contributed by atoms with van der Waals surface area (Å²) in [4.78, 5) is 12.5. The van der Waals surface area contributed by atoms with E-state index in [-0.39, 0.29) is 11.4 Å². The van der Waals surface area contributed by atoms with Gasteiger partial charge >= 0.3 is 0 Å². The molecular formula is C25H21BrN4O3. The Bertz CT molecular complexity index is 1300. The summed E-state index contributed by atoms with van der Waals surface area (Å²) in [7, 11) is 0. The highest BCUT2D eigenvalue weighted by molar-refractivity contribution is 9.10. The number of nitrogens with zero attached hydrogens (tertiary/aromatic N) is 2. The number of rotatable bonds is 7. The smallest absolute Gasteiger partial charge is 0.289 e. The maximum Gasteiger partial charge on any atom is 0.289 e. The molecule has 0 aliphatic heterocycles. The van der Waals surface area contributed by atoms with E-state index in [1.165, 1.54) is 17.8 Å². The zero-order valence-corrected chi connectivity index (χ0v) is 19.3. The number of ether oxygens (including phenoxy) is 1. The summed E-state index contributed by atoms with van der Waals surface area (Å²) in [6.07, 6.45) is 1.36. The number of para-hydroxylation sites is 1. The summed E-state index contributed by atoms with van der Waals surface area (Å²) in [5.41, 5.74) is 6.74. The largest absolute Gasteiger partial charge is 0.507 e. The lowest BCUT2D eigenvalue weighted by atomic mass is 10.1. The van der Waals surface area contributed by atoms with Gasteiger partial charge in [-0.25, -0.2) is 5.43 Å². The number of hydrogen-bond acceptors (Lipinski definition) is 5. The first kappa shape index (κ1) is 22.3. The molecule has 0 unspecified atom stereocenters. The second-order valence-electron chi connectivity index (χ2n) is 7.34. The van der Waals surface area contributed by atoms with Crippen molar-refractivity contribution in [3.8, 4) is 22.8 Å². The van der Waals surface area contributed by atoms with E-state index in [9.17, 15) is 9.90 Å². The van der Waals surface area contributed by atoms with Crippen molar-refractivity contribution >= 4 is 28.1 Å². The Morgan fingerprint density at radius 1 is 1.15 bits per heavy atom. The molecule has 4 aromatic rings. The standard InChI is InChI=1S/C25H21BrN4O3/c1-16-6-8-17(9-7-16)15-33-24-5-3-2-4-20(24)21-13-22(29-28-21)25(32)30-27-14-18-12-19(26)10-11-23(18)31/h2-14,31H,15H2,1H3,(H,28,29)(H,30,32)/b27-14-. The van der Waals surface area contributed by atoms with Crippen LogP contribution in [0.1, 0.15) is 27.2 Å². The van der Waals surface area contributed by atoms with E-state index in [2.05, 4.69) is 36.7 Å². The molecular weight excluding hydrogens is 484 g/mol. The second-order valence-corrected chi connectivity index (χ2v) is 8.26. The minimum atomic E-state index is -0.461. The molecule has 8 heteroatoms. The van der Waals surface area contributed by atoms with Gasteiger partial charge in [0.05, 0.1) is 11.9 Å². The van der Waals surface area contributed by atoms with Crippen molar-refractivity contribution in [1.29, 1.82) is 0 Å². The van der Waals surface area contributed by atoms with Crippen LogP contribution in [0.3, 0.4) is 0 Å². The number of phenols is 1. The zero-order chi connectivity index (χ0) is 23.2. The molecule has 33 heavy (non-hydrogen) atoms.